The molecule has 0 aliphatic heterocycles. The number of nitrogens with one attached hydrogen (secondary N) is 1. The molecule has 0 fully saturated rings. The lowest BCUT2D eigenvalue weighted by Crippen LogP contribution is -2.18. The average Bonchev–Trinajstić information content (AvgIpc) is 2.49. The molecule has 1 unspecified atom stereocenters. The number of ether oxygens (including phenoxy) is 1. The van der Waals surface area contributed by atoms with Gasteiger partial charge in [0.05, 0.1) is 13.2 Å². The van der Waals surface area contributed by atoms with Gasteiger partial charge in [-0.1, -0.05) is 48.9 Å². The van der Waals surface area contributed by atoms with Crippen LogP contribution < -0.4 is 10.1 Å². The van der Waals surface area contributed by atoms with E-state index < -0.39 is 0 Å². The van der Waals surface area contributed by atoms with Crippen LogP contribution >= 0.6 is 0 Å². The van der Waals surface area contributed by atoms with Gasteiger partial charge in [0, 0.05) is 5.56 Å². The maximum Gasteiger partial charge on any atom is 0.123 e. The Hall–Kier alpha value is -1.80. The van der Waals surface area contributed by atoms with E-state index in [0.29, 0.717) is 0 Å². The van der Waals surface area contributed by atoms with Gasteiger partial charge in [0.1, 0.15) is 5.75 Å². The van der Waals surface area contributed by atoms with Crippen molar-refractivity contribution in [1.82, 2.24) is 5.32 Å². The standard InChI is InChI=1S/C18H23NO/c1-5-14-7-9-15(10-8-14)18(19-3)16-12-13(2)6-11-17(16)20-4/h6-12,18-19H,5H2,1-4H3. The van der Waals surface area contributed by atoms with E-state index in [1.165, 1.54) is 22.3 Å². The number of aryl methyl sites for hydroxylation is 2. The highest BCUT2D eigenvalue weighted by Crippen LogP contribution is 2.30. The molecule has 2 heteroatoms. The predicted molar refractivity (Wildman–Crippen MR) is 84.5 cm³/mol. The Balaban J connectivity index is 2.43. The molecule has 0 aromatic heterocycles. The van der Waals surface area contributed by atoms with Crippen LogP contribution in [0.2, 0.25) is 0 Å². The summed E-state index contributed by atoms with van der Waals surface area (Å²) in [6.07, 6.45) is 1.07. The third kappa shape index (κ3) is 3.02. The van der Waals surface area contributed by atoms with Gasteiger partial charge in [0.25, 0.3) is 0 Å². The summed E-state index contributed by atoms with van der Waals surface area (Å²) in [5.41, 5.74) is 5.04. The molecule has 0 radical (unpaired) electrons. The fourth-order valence-electron chi connectivity index (χ4n) is 2.53. The average molecular weight is 269 g/mol. The van der Waals surface area contributed by atoms with Gasteiger partial charge in [-0.2, -0.15) is 0 Å². The van der Waals surface area contributed by atoms with Crippen LogP contribution in [0.5, 0.6) is 5.75 Å². The number of benzene rings is 2. The van der Waals surface area contributed by atoms with Crippen molar-refractivity contribution in [2.75, 3.05) is 14.2 Å². The second-order valence-electron chi connectivity index (χ2n) is 5.06. The second-order valence-corrected chi connectivity index (χ2v) is 5.06. The summed E-state index contributed by atoms with van der Waals surface area (Å²) in [7, 11) is 3.71. The van der Waals surface area contributed by atoms with Crippen LogP contribution in [-0.4, -0.2) is 14.2 Å². The molecular formula is C18H23NO. The first-order valence-electron chi connectivity index (χ1n) is 7.10. The molecular weight excluding hydrogens is 246 g/mol. The van der Waals surface area contributed by atoms with Crippen molar-refractivity contribution in [2.24, 2.45) is 0 Å². The van der Waals surface area contributed by atoms with Crippen LogP contribution in [0.1, 0.15) is 35.2 Å². The third-order valence-electron chi connectivity index (χ3n) is 3.71. The van der Waals surface area contributed by atoms with E-state index in [0.717, 1.165) is 12.2 Å². The van der Waals surface area contributed by atoms with Crippen molar-refractivity contribution < 1.29 is 4.74 Å². The lowest BCUT2D eigenvalue weighted by Gasteiger charge is -2.20. The van der Waals surface area contributed by atoms with Gasteiger partial charge in [0.15, 0.2) is 0 Å². The molecule has 0 saturated carbocycles. The molecule has 2 rings (SSSR count). The van der Waals surface area contributed by atoms with Gasteiger partial charge in [-0.3, -0.25) is 0 Å². The van der Waals surface area contributed by atoms with Crippen LogP contribution in [0.15, 0.2) is 42.5 Å². The molecule has 0 bridgehead atoms. The first kappa shape index (κ1) is 14.6. The van der Waals surface area contributed by atoms with E-state index in [4.69, 9.17) is 4.74 Å². The predicted octanol–water partition coefficient (Wildman–Crippen LogP) is 3.87. The lowest BCUT2D eigenvalue weighted by atomic mass is 9.95. The van der Waals surface area contributed by atoms with E-state index in [1.807, 2.05) is 13.1 Å². The lowest BCUT2D eigenvalue weighted by molar-refractivity contribution is 0.405. The molecule has 0 aliphatic carbocycles. The molecule has 1 atom stereocenters. The molecule has 0 amide bonds. The molecule has 2 aromatic carbocycles. The molecule has 2 nitrogen and oxygen atoms in total. The van der Waals surface area contributed by atoms with Gasteiger partial charge in [-0.25, -0.2) is 0 Å². The third-order valence-corrected chi connectivity index (χ3v) is 3.71. The first-order valence-corrected chi connectivity index (χ1v) is 7.10. The molecule has 0 spiro atoms. The zero-order chi connectivity index (χ0) is 14.5. The van der Waals surface area contributed by atoms with E-state index in [1.54, 1.807) is 7.11 Å². The summed E-state index contributed by atoms with van der Waals surface area (Å²) < 4.78 is 5.51. The highest BCUT2D eigenvalue weighted by Gasteiger charge is 2.16. The van der Waals surface area contributed by atoms with Gasteiger partial charge >= 0.3 is 0 Å². The van der Waals surface area contributed by atoms with Crippen molar-refractivity contribution in [3.8, 4) is 5.75 Å². The molecule has 0 saturated heterocycles. The topological polar surface area (TPSA) is 21.3 Å². The fourth-order valence-corrected chi connectivity index (χ4v) is 2.53. The van der Waals surface area contributed by atoms with E-state index in [9.17, 15) is 0 Å². The van der Waals surface area contributed by atoms with Crippen molar-refractivity contribution in [2.45, 2.75) is 26.3 Å². The zero-order valence-corrected chi connectivity index (χ0v) is 12.7. The molecule has 1 N–H and O–H groups in total. The van der Waals surface area contributed by atoms with Crippen LogP contribution in [0.3, 0.4) is 0 Å². The summed E-state index contributed by atoms with van der Waals surface area (Å²) in [4.78, 5) is 0. The maximum absolute atomic E-state index is 5.51. The first-order chi connectivity index (χ1) is 9.69. The molecule has 0 aliphatic rings. The SMILES string of the molecule is CCc1ccc(C(NC)c2cc(C)ccc2OC)cc1. The number of methoxy groups -OCH3 is 1. The molecule has 20 heavy (non-hydrogen) atoms. The van der Waals surface area contributed by atoms with E-state index >= 15 is 0 Å². The van der Waals surface area contributed by atoms with Crippen LogP contribution in [0.25, 0.3) is 0 Å². The smallest absolute Gasteiger partial charge is 0.123 e. The van der Waals surface area contributed by atoms with Crippen molar-refractivity contribution in [3.05, 3.63) is 64.7 Å². The van der Waals surface area contributed by atoms with Crippen molar-refractivity contribution in [1.29, 1.82) is 0 Å². The molecule has 0 heterocycles. The van der Waals surface area contributed by atoms with Gasteiger partial charge < -0.3 is 10.1 Å². The second kappa shape index (κ2) is 6.58. The molecule has 2 aromatic rings. The largest absolute Gasteiger partial charge is 0.496 e. The summed E-state index contributed by atoms with van der Waals surface area (Å²) in [5, 5.41) is 3.39. The Kier molecular flexibility index (Phi) is 4.80. The van der Waals surface area contributed by atoms with E-state index in [-0.39, 0.29) is 6.04 Å². The summed E-state index contributed by atoms with van der Waals surface area (Å²) in [6, 6.07) is 15.2. The van der Waals surface area contributed by atoms with Gasteiger partial charge in [-0.15, -0.1) is 0 Å². The van der Waals surface area contributed by atoms with Gasteiger partial charge in [-0.05, 0) is 37.6 Å². The maximum atomic E-state index is 5.51. The van der Waals surface area contributed by atoms with Gasteiger partial charge in [0.2, 0.25) is 0 Å². The minimum Gasteiger partial charge on any atom is -0.496 e. The molecule has 106 valence electrons. The van der Waals surface area contributed by atoms with Crippen LogP contribution in [0, 0.1) is 6.92 Å². The Morgan fingerprint density at radius 3 is 2.35 bits per heavy atom. The summed E-state index contributed by atoms with van der Waals surface area (Å²) in [6.45, 7) is 4.28. The highest BCUT2D eigenvalue weighted by molar-refractivity contribution is 5.44. The Morgan fingerprint density at radius 2 is 1.80 bits per heavy atom. The highest BCUT2D eigenvalue weighted by atomic mass is 16.5. The quantitative estimate of drug-likeness (QED) is 0.889. The Morgan fingerprint density at radius 1 is 1.10 bits per heavy atom. The Bertz CT molecular complexity index is 560. The van der Waals surface area contributed by atoms with Crippen molar-refractivity contribution >= 4 is 0 Å². The summed E-state index contributed by atoms with van der Waals surface area (Å²) >= 11 is 0. The number of hydrogen-bond donors (Lipinski definition) is 1. The van der Waals surface area contributed by atoms with E-state index in [2.05, 4.69) is 55.6 Å². The number of hydrogen-bond acceptors (Lipinski definition) is 2. The monoisotopic (exact) mass is 269 g/mol. The fraction of sp³-hybridized carbons (Fsp3) is 0.333. The Labute approximate surface area is 121 Å². The van der Waals surface area contributed by atoms with Crippen LogP contribution in [0.4, 0.5) is 0 Å². The normalized spacial score (nSPS) is 12.2. The zero-order valence-electron chi connectivity index (χ0n) is 12.7. The number of rotatable bonds is 5. The summed E-state index contributed by atoms with van der Waals surface area (Å²) in [5.74, 6) is 0.925. The minimum atomic E-state index is 0.149. The van der Waals surface area contributed by atoms with Crippen LogP contribution in [-0.2, 0) is 6.42 Å². The minimum absolute atomic E-state index is 0.149. The van der Waals surface area contributed by atoms with Crippen molar-refractivity contribution in [3.63, 3.8) is 0 Å².